The number of carbonyl (C=O) groups is 2. The third-order valence-electron chi connectivity index (χ3n) is 5.07. The predicted molar refractivity (Wildman–Crippen MR) is 105 cm³/mol. The van der Waals surface area contributed by atoms with Crippen LogP contribution < -0.4 is 0 Å². The second-order valence-electron chi connectivity index (χ2n) is 7.16. The van der Waals surface area contributed by atoms with Crippen LogP contribution >= 0.6 is 0 Å². The van der Waals surface area contributed by atoms with Gasteiger partial charge in [0.2, 0.25) is 0 Å². The Labute approximate surface area is 168 Å². The normalized spacial score (nSPS) is 15.2. The number of aromatic nitrogens is 2. The molecule has 1 fully saturated rings. The van der Waals surface area contributed by atoms with Crippen molar-refractivity contribution in [1.82, 2.24) is 19.6 Å². The van der Waals surface area contributed by atoms with E-state index >= 15 is 0 Å². The summed E-state index contributed by atoms with van der Waals surface area (Å²) in [6.45, 7) is 2.72. The molecule has 0 saturated carbocycles. The van der Waals surface area contributed by atoms with E-state index in [-0.39, 0.29) is 30.8 Å². The van der Waals surface area contributed by atoms with Crippen LogP contribution in [0.1, 0.15) is 29.7 Å². The van der Waals surface area contributed by atoms with Crippen LogP contribution in [0.15, 0.2) is 67.0 Å². The largest absolute Gasteiger partial charge is 0.328 e. The van der Waals surface area contributed by atoms with E-state index in [1.165, 1.54) is 21.9 Å². The minimum atomic E-state index is -0.419. The van der Waals surface area contributed by atoms with Gasteiger partial charge in [-0.15, -0.1) is 0 Å². The van der Waals surface area contributed by atoms with Gasteiger partial charge in [0.15, 0.2) is 0 Å². The van der Waals surface area contributed by atoms with Crippen molar-refractivity contribution in [1.29, 1.82) is 0 Å². The SMILES string of the molecule is C[C@H](c1cnn(Cc2ccccc2)c1)N1C(=O)CN(Cc2ccc(F)cc2)C1=O. The number of hydrogen-bond acceptors (Lipinski definition) is 3. The summed E-state index contributed by atoms with van der Waals surface area (Å²) in [7, 11) is 0. The Bertz CT molecular complexity index is 1020. The number of urea groups is 1. The molecular weight excluding hydrogens is 371 g/mol. The summed E-state index contributed by atoms with van der Waals surface area (Å²) in [6, 6.07) is 15.1. The van der Waals surface area contributed by atoms with Crippen LogP contribution in [-0.2, 0) is 17.9 Å². The third-order valence-corrected chi connectivity index (χ3v) is 5.07. The molecule has 3 aromatic rings. The van der Waals surface area contributed by atoms with Crippen molar-refractivity contribution in [2.24, 2.45) is 0 Å². The quantitative estimate of drug-likeness (QED) is 0.603. The molecule has 0 spiro atoms. The lowest BCUT2D eigenvalue weighted by molar-refractivity contribution is -0.126. The second-order valence-corrected chi connectivity index (χ2v) is 7.16. The fourth-order valence-corrected chi connectivity index (χ4v) is 3.48. The topological polar surface area (TPSA) is 58.4 Å². The zero-order valence-corrected chi connectivity index (χ0v) is 16.0. The third kappa shape index (κ3) is 4.03. The highest BCUT2D eigenvalue weighted by atomic mass is 19.1. The maximum atomic E-state index is 13.1. The van der Waals surface area contributed by atoms with E-state index in [0.717, 1.165) is 16.7 Å². The molecule has 0 radical (unpaired) electrons. The highest BCUT2D eigenvalue weighted by Crippen LogP contribution is 2.26. The lowest BCUT2D eigenvalue weighted by atomic mass is 10.1. The van der Waals surface area contributed by atoms with E-state index in [1.807, 2.05) is 43.5 Å². The maximum absolute atomic E-state index is 13.1. The van der Waals surface area contributed by atoms with Crippen LogP contribution in [0.2, 0.25) is 0 Å². The van der Waals surface area contributed by atoms with Gasteiger partial charge in [0.1, 0.15) is 12.4 Å². The summed E-state index contributed by atoms with van der Waals surface area (Å²) >= 11 is 0. The van der Waals surface area contributed by atoms with Crippen LogP contribution in [0.5, 0.6) is 0 Å². The second kappa shape index (κ2) is 7.87. The molecule has 1 aromatic heterocycles. The Morgan fingerprint density at radius 3 is 2.41 bits per heavy atom. The molecule has 1 aliphatic rings. The molecule has 2 aromatic carbocycles. The monoisotopic (exact) mass is 392 g/mol. The number of hydrogen-bond donors (Lipinski definition) is 0. The minimum absolute atomic E-state index is 0.0126. The summed E-state index contributed by atoms with van der Waals surface area (Å²) in [5.74, 6) is -0.583. The number of halogens is 1. The molecule has 0 N–H and O–H groups in total. The van der Waals surface area contributed by atoms with E-state index in [9.17, 15) is 14.0 Å². The van der Waals surface area contributed by atoms with Gasteiger partial charge in [-0.3, -0.25) is 14.4 Å². The first kappa shape index (κ1) is 18.9. The van der Waals surface area contributed by atoms with Gasteiger partial charge in [-0.25, -0.2) is 9.18 Å². The van der Waals surface area contributed by atoms with Gasteiger partial charge in [-0.05, 0) is 30.2 Å². The molecule has 1 aliphatic heterocycles. The van der Waals surface area contributed by atoms with Gasteiger partial charge in [-0.2, -0.15) is 5.10 Å². The van der Waals surface area contributed by atoms with Crippen molar-refractivity contribution in [2.45, 2.75) is 26.1 Å². The van der Waals surface area contributed by atoms with Crippen LogP contribution in [0.3, 0.4) is 0 Å². The summed E-state index contributed by atoms with van der Waals surface area (Å²) in [4.78, 5) is 28.1. The zero-order valence-electron chi connectivity index (χ0n) is 16.0. The number of rotatable bonds is 6. The molecule has 1 atom stereocenters. The average molecular weight is 392 g/mol. The molecule has 3 amide bonds. The first-order chi connectivity index (χ1) is 14.0. The number of carbonyl (C=O) groups excluding carboxylic acids is 2. The van der Waals surface area contributed by atoms with Crippen LogP contribution in [0.25, 0.3) is 0 Å². The first-order valence-corrected chi connectivity index (χ1v) is 9.43. The molecule has 148 valence electrons. The number of amides is 3. The van der Waals surface area contributed by atoms with Crippen LogP contribution in [0, 0.1) is 5.82 Å². The highest BCUT2D eigenvalue weighted by molar-refractivity contribution is 6.02. The van der Waals surface area contributed by atoms with Crippen molar-refractivity contribution < 1.29 is 14.0 Å². The first-order valence-electron chi connectivity index (χ1n) is 9.43. The number of nitrogens with zero attached hydrogens (tertiary/aromatic N) is 4. The fraction of sp³-hybridized carbons (Fsp3) is 0.227. The summed E-state index contributed by atoms with van der Waals surface area (Å²) in [5.41, 5.74) is 2.69. The highest BCUT2D eigenvalue weighted by Gasteiger charge is 2.39. The van der Waals surface area contributed by atoms with Gasteiger partial charge in [0, 0.05) is 18.3 Å². The van der Waals surface area contributed by atoms with E-state index in [1.54, 1.807) is 23.0 Å². The summed E-state index contributed by atoms with van der Waals surface area (Å²) < 4.78 is 14.9. The molecule has 1 saturated heterocycles. The van der Waals surface area contributed by atoms with Crippen molar-refractivity contribution >= 4 is 11.9 Å². The Balaban J connectivity index is 1.45. The van der Waals surface area contributed by atoms with E-state index < -0.39 is 6.04 Å². The van der Waals surface area contributed by atoms with Crippen molar-refractivity contribution in [3.8, 4) is 0 Å². The molecule has 7 heteroatoms. The predicted octanol–water partition coefficient (Wildman–Crippen LogP) is 3.60. The summed E-state index contributed by atoms with van der Waals surface area (Å²) in [6.07, 6.45) is 3.55. The lowest BCUT2D eigenvalue weighted by Crippen LogP contribution is -2.34. The van der Waals surface area contributed by atoms with Crippen molar-refractivity contribution in [3.05, 3.63) is 89.5 Å². The number of benzene rings is 2. The summed E-state index contributed by atoms with van der Waals surface area (Å²) in [5, 5.41) is 4.37. The van der Waals surface area contributed by atoms with Gasteiger partial charge in [-0.1, -0.05) is 42.5 Å². The Hall–Kier alpha value is -3.48. The van der Waals surface area contributed by atoms with Gasteiger partial charge in [0.25, 0.3) is 5.91 Å². The molecule has 0 bridgehead atoms. The van der Waals surface area contributed by atoms with Gasteiger partial charge < -0.3 is 4.90 Å². The number of imide groups is 1. The molecule has 0 aliphatic carbocycles. The zero-order chi connectivity index (χ0) is 20.4. The Morgan fingerprint density at radius 2 is 1.69 bits per heavy atom. The molecule has 6 nitrogen and oxygen atoms in total. The van der Waals surface area contributed by atoms with E-state index in [2.05, 4.69) is 5.10 Å². The Kier molecular flexibility index (Phi) is 5.12. The minimum Gasteiger partial charge on any atom is -0.311 e. The molecule has 4 rings (SSSR count). The van der Waals surface area contributed by atoms with Crippen LogP contribution in [-0.4, -0.2) is 38.1 Å². The van der Waals surface area contributed by atoms with E-state index in [0.29, 0.717) is 6.54 Å². The average Bonchev–Trinajstić information content (AvgIpc) is 3.28. The van der Waals surface area contributed by atoms with Crippen molar-refractivity contribution in [3.63, 3.8) is 0 Å². The van der Waals surface area contributed by atoms with Crippen molar-refractivity contribution in [2.75, 3.05) is 6.54 Å². The molecule has 29 heavy (non-hydrogen) atoms. The standard InChI is InChI=1S/C22H21FN4O2/c1-16(19-11-24-26(14-19)13-17-5-3-2-4-6-17)27-21(28)15-25(22(27)29)12-18-7-9-20(23)10-8-18/h2-11,14,16H,12-13,15H2,1H3/t16-/m1/s1. The molecular formula is C22H21FN4O2. The van der Waals surface area contributed by atoms with E-state index in [4.69, 9.17) is 0 Å². The fourth-order valence-electron chi connectivity index (χ4n) is 3.48. The Morgan fingerprint density at radius 1 is 1.00 bits per heavy atom. The smallest absolute Gasteiger partial charge is 0.311 e. The van der Waals surface area contributed by atoms with Gasteiger partial charge in [0.05, 0.1) is 18.8 Å². The molecule has 2 heterocycles. The van der Waals surface area contributed by atoms with Crippen LogP contribution in [0.4, 0.5) is 9.18 Å². The lowest BCUT2D eigenvalue weighted by Gasteiger charge is -2.22. The maximum Gasteiger partial charge on any atom is 0.328 e. The van der Waals surface area contributed by atoms with Gasteiger partial charge >= 0.3 is 6.03 Å². The molecule has 0 unspecified atom stereocenters.